The average Bonchev–Trinajstić information content (AvgIpc) is 3.45. The fraction of sp³-hybridized carbons (Fsp3) is 0.579. The Hall–Kier alpha value is -3.13. The van der Waals surface area contributed by atoms with Gasteiger partial charge in [0.1, 0.15) is 18.1 Å². The molecule has 182 valence electrons. The Labute approximate surface area is 194 Å². The maximum atomic E-state index is 13.2. The first-order valence-corrected chi connectivity index (χ1v) is 11.0. The molecule has 0 radical (unpaired) electrons. The van der Waals surface area contributed by atoms with E-state index < -0.39 is 60.2 Å². The summed E-state index contributed by atoms with van der Waals surface area (Å²) in [5.74, 6) is -4.48. The predicted molar refractivity (Wildman–Crippen MR) is 117 cm³/mol. The van der Waals surface area contributed by atoms with Crippen LogP contribution >= 0.6 is 12.6 Å². The number of aromatic amines is 1. The van der Waals surface area contributed by atoms with E-state index in [9.17, 15) is 24.0 Å². The summed E-state index contributed by atoms with van der Waals surface area (Å²) < 4.78 is 0. The average molecular weight is 485 g/mol. The number of nitrogens with one attached hydrogen (secondary N) is 3. The number of carboxylic acid groups (broad SMARTS) is 2. The third-order valence-corrected chi connectivity index (χ3v) is 5.59. The van der Waals surface area contributed by atoms with Crippen LogP contribution < -0.4 is 16.4 Å². The number of rotatable bonds is 12. The van der Waals surface area contributed by atoms with Gasteiger partial charge in [-0.2, -0.15) is 12.6 Å². The largest absolute Gasteiger partial charge is 0.481 e. The molecule has 1 saturated heterocycles. The summed E-state index contributed by atoms with van der Waals surface area (Å²) in [6.07, 6.45) is 3.26. The van der Waals surface area contributed by atoms with Crippen LogP contribution in [0, 0.1) is 0 Å². The van der Waals surface area contributed by atoms with Crippen molar-refractivity contribution in [1.29, 1.82) is 0 Å². The number of thiol groups is 1. The third kappa shape index (κ3) is 7.46. The lowest BCUT2D eigenvalue weighted by Crippen LogP contribution is -2.57. The summed E-state index contributed by atoms with van der Waals surface area (Å²) in [6.45, 7) is 0.204. The highest BCUT2D eigenvalue weighted by atomic mass is 32.1. The Morgan fingerprint density at radius 1 is 1.24 bits per heavy atom. The molecule has 1 aliphatic heterocycles. The highest BCUT2D eigenvalue weighted by Gasteiger charge is 2.39. The molecule has 3 amide bonds. The van der Waals surface area contributed by atoms with Crippen LogP contribution in [-0.2, 0) is 30.4 Å². The zero-order valence-electron chi connectivity index (χ0n) is 17.8. The van der Waals surface area contributed by atoms with Crippen molar-refractivity contribution in [3.8, 4) is 0 Å². The van der Waals surface area contributed by atoms with E-state index in [1.165, 1.54) is 17.4 Å². The lowest BCUT2D eigenvalue weighted by atomic mass is 10.1. The smallest absolute Gasteiger partial charge is 0.327 e. The number of hydrogen-bond donors (Lipinski definition) is 7. The van der Waals surface area contributed by atoms with Gasteiger partial charge in [0.15, 0.2) is 0 Å². The standard InChI is InChI=1S/C19H28N6O7S/c20-11(6-10-7-21-9-22-10)16(28)23-12(3-4-15(26)27)18(30)25-5-1-2-14(25)17(29)24-13(8-33)19(31)32/h7,9,11-14,33H,1-6,8,20H2,(H,21,22)(H,23,28)(H,24,29)(H,26,27)(H,31,32). The van der Waals surface area contributed by atoms with Gasteiger partial charge in [-0.3, -0.25) is 19.2 Å². The van der Waals surface area contributed by atoms with Crippen LogP contribution in [-0.4, -0.2) is 91.2 Å². The second-order valence-electron chi connectivity index (χ2n) is 7.65. The number of amides is 3. The van der Waals surface area contributed by atoms with Crippen molar-refractivity contribution in [2.75, 3.05) is 12.3 Å². The number of likely N-dealkylation sites (tertiary alicyclic amines) is 1. The first-order chi connectivity index (χ1) is 15.6. The zero-order valence-corrected chi connectivity index (χ0v) is 18.7. The first-order valence-electron chi connectivity index (χ1n) is 10.3. The molecule has 0 aromatic carbocycles. The van der Waals surface area contributed by atoms with Crippen LogP contribution in [0.1, 0.15) is 31.4 Å². The van der Waals surface area contributed by atoms with Crippen LogP contribution in [0.5, 0.6) is 0 Å². The summed E-state index contributed by atoms with van der Waals surface area (Å²) >= 11 is 3.91. The summed E-state index contributed by atoms with van der Waals surface area (Å²) in [7, 11) is 0. The molecule has 13 nitrogen and oxygen atoms in total. The topological polar surface area (TPSA) is 208 Å². The van der Waals surface area contributed by atoms with Crippen molar-refractivity contribution in [2.24, 2.45) is 5.73 Å². The van der Waals surface area contributed by atoms with E-state index in [0.29, 0.717) is 18.5 Å². The van der Waals surface area contributed by atoms with E-state index in [0.717, 1.165) is 0 Å². The van der Waals surface area contributed by atoms with Crippen LogP contribution in [0.15, 0.2) is 12.5 Å². The Balaban J connectivity index is 2.10. The van der Waals surface area contributed by atoms with Crippen LogP contribution in [0.4, 0.5) is 0 Å². The lowest BCUT2D eigenvalue weighted by molar-refractivity contribution is -0.144. The van der Waals surface area contributed by atoms with Gasteiger partial charge in [-0.15, -0.1) is 0 Å². The number of hydrogen-bond acceptors (Lipinski definition) is 8. The SMILES string of the molecule is NC(Cc1cnc[nH]1)C(=O)NC(CCC(=O)O)C(=O)N1CCCC1C(=O)NC(CS)C(=O)O. The molecule has 14 heteroatoms. The number of carbonyl (C=O) groups is 5. The number of carbonyl (C=O) groups excluding carboxylic acids is 3. The van der Waals surface area contributed by atoms with Gasteiger partial charge in [-0.25, -0.2) is 9.78 Å². The predicted octanol–water partition coefficient (Wildman–Crippen LogP) is -1.88. The maximum Gasteiger partial charge on any atom is 0.327 e. The highest BCUT2D eigenvalue weighted by molar-refractivity contribution is 7.80. The molecule has 4 atom stereocenters. The molecule has 1 aromatic heterocycles. The summed E-state index contributed by atoms with van der Waals surface area (Å²) in [6, 6.07) is -4.39. The van der Waals surface area contributed by atoms with E-state index in [2.05, 4.69) is 33.2 Å². The van der Waals surface area contributed by atoms with E-state index >= 15 is 0 Å². The van der Waals surface area contributed by atoms with Gasteiger partial charge in [0.25, 0.3) is 0 Å². The van der Waals surface area contributed by atoms with Crippen LogP contribution in [0.25, 0.3) is 0 Å². The van der Waals surface area contributed by atoms with Crippen molar-refractivity contribution in [3.63, 3.8) is 0 Å². The molecular weight excluding hydrogens is 456 g/mol. The van der Waals surface area contributed by atoms with E-state index in [1.807, 2.05) is 0 Å². The monoisotopic (exact) mass is 484 g/mol. The quantitative estimate of drug-likeness (QED) is 0.165. The van der Waals surface area contributed by atoms with Gasteiger partial charge in [0.2, 0.25) is 17.7 Å². The minimum Gasteiger partial charge on any atom is -0.481 e. The van der Waals surface area contributed by atoms with Gasteiger partial charge in [0, 0.05) is 37.0 Å². The molecule has 0 bridgehead atoms. The molecular formula is C19H28N6O7S. The number of aromatic nitrogens is 2. The van der Waals surface area contributed by atoms with Crippen molar-refractivity contribution in [3.05, 3.63) is 18.2 Å². The van der Waals surface area contributed by atoms with Crippen LogP contribution in [0.2, 0.25) is 0 Å². The lowest BCUT2D eigenvalue weighted by Gasteiger charge is -2.29. The molecule has 0 aliphatic carbocycles. The Bertz CT molecular complexity index is 865. The molecule has 33 heavy (non-hydrogen) atoms. The van der Waals surface area contributed by atoms with Gasteiger partial charge in [-0.1, -0.05) is 0 Å². The number of aliphatic carboxylic acids is 2. The number of carboxylic acids is 2. The fourth-order valence-electron chi connectivity index (χ4n) is 3.49. The Kier molecular flexibility index (Phi) is 9.66. The molecule has 4 unspecified atom stereocenters. The van der Waals surface area contributed by atoms with E-state index in [4.69, 9.17) is 15.9 Å². The van der Waals surface area contributed by atoms with E-state index in [-0.39, 0.29) is 25.1 Å². The summed E-state index contributed by atoms with van der Waals surface area (Å²) in [5, 5.41) is 23.0. The van der Waals surface area contributed by atoms with Gasteiger partial charge in [0.05, 0.1) is 12.4 Å². The van der Waals surface area contributed by atoms with Crippen molar-refractivity contribution < 1.29 is 34.2 Å². The Morgan fingerprint density at radius 3 is 2.55 bits per heavy atom. The summed E-state index contributed by atoms with van der Waals surface area (Å²) in [4.78, 5) is 68.5. The number of H-pyrrole nitrogens is 1. The second-order valence-corrected chi connectivity index (χ2v) is 8.02. The molecule has 0 saturated carbocycles. The van der Waals surface area contributed by atoms with Crippen molar-refractivity contribution in [1.82, 2.24) is 25.5 Å². The van der Waals surface area contributed by atoms with Gasteiger partial charge < -0.3 is 36.5 Å². The molecule has 2 heterocycles. The van der Waals surface area contributed by atoms with Gasteiger partial charge >= 0.3 is 11.9 Å². The second kappa shape index (κ2) is 12.2. The minimum atomic E-state index is -1.26. The minimum absolute atomic E-state index is 0.126. The molecule has 1 aliphatic rings. The normalized spacial score (nSPS) is 18.2. The highest BCUT2D eigenvalue weighted by Crippen LogP contribution is 2.20. The van der Waals surface area contributed by atoms with Crippen LogP contribution in [0.3, 0.4) is 0 Å². The molecule has 1 fully saturated rings. The molecule has 7 N–H and O–H groups in total. The zero-order chi connectivity index (χ0) is 24.5. The third-order valence-electron chi connectivity index (χ3n) is 5.23. The molecule has 1 aromatic rings. The number of nitrogens with two attached hydrogens (primary N) is 1. The number of nitrogens with zero attached hydrogens (tertiary/aromatic N) is 2. The Morgan fingerprint density at radius 2 is 1.97 bits per heavy atom. The van der Waals surface area contributed by atoms with Crippen molar-refractivity contribution in [2.45, 2.75) is 56.3 Å². The maximum absolute atomic E-state index is 13.2. The van der Waals surface area contributed by atoms with Gasteiger partial charge in [-0.05, 0) is 19.3 Å². The fourth-order valence-corrected chi connectivity index (χ4v) is 3.73. The number of imidazole rings is 1. The molecule has 0 spiro atoms. The summed E-state index contributed by atoms with van der Waals surface area (Å²) in [5.41, 5.74) is 6.52. The molecule has 2 rings (SSSR count). The first kappa shape index (κ1) is 26.1. The van der Waals surface area contributed by atoms with Crippen molar-refractivity contribution >= 4 is 42.3 Å². The van der Waals surface area contributed by atoms with E-state index in [1.54, 1.807) is 0 Å².